The number of carbonyl (C=O) groups is 1. The highest BCUT2D eigenvalue weighted by molar-refractivity contribution is 5.81. The number of halogens is 2. The minimum absolute atomic E-state index is 0.127. The Morgan fingerprint density at radius 2 is 2.09 bits per heavy atom. The third-order valence-corrected chi connectivity index (χ3v) is 4.12. The number of esters is 1. The molecule has 0 saturated heterocycles. The van der Waals surface area contributed by atoms with Gasteiger partial charge in [-0.15, -0.1) is 0 Å². The van der Waals surface area contributed by atoms with Crippen LogP contribution in [0.4, 0.5) is 8.78 Å². The summed E-state index contributed by atoms with van der Waals surface area (Å²) in [5.74, 6) is -1.92. The van der Waals surface area contributed by atoms with E-state index in [4.69, 9.17) is 9.15 Å². The molecule has 0 unspecified atom stereocenters. The summed E-state index contributed by atoms with van der Waals surface area (Å²) in [4.78, 5) is 15.9. The lowest BCUT2D eigenvalue weighted by Crippen LogP contribution is -2.57. The van der Waals surface area contributed by atoms with E-state index in [2.05, 4.69) is 10.3 Å². The molecule has 0 spiro atoms. The van der Waals surface area contributed by atoms with E-state index in [0.29, 0.717) is 18.5 Å². The molecule has 0 aliphatic heterocycles. The van der Waals surface area contributed by atoms with Crippen LogP contribution in [0.1, 0.15) is 25.0 Å². The number of hydrogen-bond acceptors (Lipinski definition) is 5. The Bertz CT molecular complexity index is 706. The summed E-state index contributed by atoms with van der Waals surface area (Å²) >= 11 is 0. The van der Waals surface area contributed by atoms with E-state index in [1.165, 1.54) is 19.4 Å². The number of aromatic nitrogens is 1. The Morgan fingerprint density at radius 1 is 1.39 bits per heavy atom. The van der Waals surface area contributed by atoms with Gasteiger partial charge in [0.2, 0.25) is 5.89 Å². The number of benzene rings is 1. The lowest BCUT2D eigenvalue weighted by molar-refractivity contribution is -0.152. The van der Waals surface area contributed by atoms with E-state index in [-0.39, 0.29) is 24.0 Å². The minimum Gasteiger partial charge on any atom is -0.468 e. The van der Waals surface area contributed by atoms with Crippen LogP contribution >= 0.6 is 0 Å². The van der Waals surface area contributed by atoms with Crippen LogP contribution in [0.2, 0.25) is 0 Å². The average molecular weight is 322 g/mol. The SMILES string of the molecule is COC(=O)C1(NCc2coc(-c3c(F)cccc3F)n2)CCC1. The van der Waals surface area contributed by atoms with Crippen LogP contribution in [0.5, 0.6) is 0 Å². The molecule has 1 heterocycles. The Balaban J connectivity index is 1.74. The minimum atomic E-state index is -0.739. The highest BCUT2D eigenvalue weighted by Gasteiger charge is 2.44. The van der Waals surface area contributed by atoms with Crippen molar-refractivity contribution in [3.05, 3.63) is 41.8 Å². The summed E-state index contributed by atoms with van der Waals surface area (Å²) in [6, 6.07) is 3.55. The van der Waals surface area contributed by atoms with Crippen molar-refractivity contribution in [2.24, 2.45) is 0 Å². The Morgan fingerprint density at radius 3 is 2.65 bits per heavy atom. The molecule has 0 atom stereocenters. The number of ether oxygens (including phenoxy) is 1. The summed E-state index contributed by atoms with van der Waals surface area (Å²) in [6.45, 7) is 0.245. The first-order valence-electron chi connectivity index (χ1n) is 7.28. The topological polar surface area (TPSA) is 64.4 Å². The molecule has 1 fully saturated rings. The number of carbonyl (C=O) groups excluding carboxylic acids is 1. The molecule has 7 heteroatoms. The first-order valence-corrected chi connectivity index (χ1v) is 7.28. The fourth-order valence-corrected chi connectivity index (χ4v) is 2.64. The largest absolute Gasteiger partial charge is 0.468 e. The van der Waals surface area contributed by atoms with E-state index in [9.17, 15) is 13.6 Å². The molecule has 1 N–H and O–H groups in total. The number of hydrogen-bond donors (Lipinski definition) is 1. The maximum Gasteiger partial charge on any atom is 0.326 e. The third kappa shape index (κ3) is 2.84. The van der Waals surface area contributed by atoms with Gasteiger partial charge in [-0.2, -0.15) is 0 Å². The molecule has 0 amide bonds. The molecule has 3 rings (SSSR count). The lowest BCUT2D eigenvalue weighted by atomic mass is 9.76. The molecule has 5 nitrogen and oxygen atoms in total. The molecule has 1 aliphatic rings. The average Bonchev–Trinajstić information content (AvgIpc) is 2.94. The van der Waals surface area contributed by atoms with Gasteiger partial charge in [0.05, 0.1) is 12.8 Å². The number of nitrogens with one attached hydrogen (secondary N) is 1. The van der Waals surface area contributed by atoms with Gasteiger partial charge in [0.15, 0.2) is 0 Å². The molecule has 122 valence electrons. The maximum atomic E-state index is 13.7. The zero-order valence-electron chi connectivity index (χ0n) is 12.6. The number of nitrogens with zero attached hydrogens (tertiary/aromatic N) is 1. The number of oxazole rings is 1. The van der Waals surface area contributed by atoms with Gasteiger partial charge < -0.3 is 9.15 Å². The van der Waals surface area contributed by atoms with Crippen molar-refractivity contribution in [2.75, 3.05) is 7.11 Å². The molecule has 23 heavy (non-hydrogen) atoms. The van der Waals surface area contributed by atoms with Crippen molar-refractivity contribution in [2.45, 2.75) is 31.3 Å². The van der Waals surface area contributed by atoms with Crippen LogP contribution in [0.15, 0.2) is 28.9 Å². The highest BCUT2D eigenvalue weighted by Crippen LogP contribution is 2.33. The predicted octanol–water partition coefficient (Wildman–Crippen LogP) is 2.81. The van der Waals surface area contributed by atoms with E-state index < -0.39 is 17.2 Å². The van der Waals surface area contributed by atoms with Crippen LogP contribution in [-0.2, 0) is 16.1 Å². The second-order valence-corrected chi connectivity index (χ2v) is 5.52. The van der Waals surface area contributed by atoms with Gasteiger partial charge in [0.1, 0.15) is 29.0 Å². The van der Waals surface area contributed by atoms with Gasteiger partial charge in [-0.25, -0.2) is 13.8 Å². The van der Waals surface area contributed by atoms with Crippen LogP contribution in [-0.4, -0.2) is 23.6 Å². The molecule has 1 aliphatic carbocycles. The Kier molecular flexibility index (Phi) is 4.12. The van der Waals surface area contributed by atoms with E-state index in [0.717, 1.165) is 18.6 Å². The molecular formula is C16H16F2N2O3. The molecule has 2 aromatic rings. The van der Waals surface area contributed by atoms with E-state index >= 15 is 0 Å². The predicted molar refractivity (Wildman–Crippen MR) is 77.3 cm³/mol. The van der Waals surface area contributed by atoms with Crippen molar-refractivity contribution < 1.29 is 22.7 Å². The van der Waals surface area contributed by atoms with Gasteiger partial charge in [-0.1, -0.05) is 6.07 Å². The van der Waals surface area contributed by atoms with Gasteiger partial charge in [0, 0.05) is 6.54 Å². The first kappa shape index (κ1) is 15.6. The summed E-state index contributed by atoms with van der Waals surface area (Å²) < 4.78 is 37.4. The van der Waals surface area contributed by atoms with Crippen LogP contribution < -0.4 is 5.32 Å². The van der Waals surface area contributed by atoms with Crippen molar-refractivity contribution in [3.8, 4) is 11.5 Å². The Labute approximate surface area is 131 Å². The molecule has 1 aromatic heterocycles. The molecule has 0 radical (unpaired) electrons. The fourth-order valence-electron chi connectivity index (χ4n) is 2.64. The smallest absolute Gasteiger partial charge is 0.326 e. The molecule has 0 bridgehead atoms. The highest BCUT2D eigenvalue weighted by atomic mass is 19.1. The number of rotatable bonds is 5. The number of methoxy groups -OCH3 is 1. The molecule has 1 aromatic carbocycles. The molecular weight excluding hydrogens is 306 g/mol. The summed E-state index contributed by atoms with van der Waals surface area (Å²) in [5.41, 5.74) is -0.542. The normalized spacial score (nSPS) is 16.0. The second-order valence-electron chi connectivity index (χ2n) is 5.52. The van der Waals surface area contributed by atoms with Crippen molar-refractivity contribution in [1.82, 2.24) is 10.3 Å². The van der Waals surface area contributed by atoms with Gasteiger partial charge in [0.25, 0.3) is 0 Å². The van der Waals surface area contributed by atoms with Crippen LogP contribution in [0, 0.1) is 11.6 Å². The quantitative estimate of drug-likeness (QED) is 0.858. The van der Waals surface area contributed by atoms with Crippen molar-refractivity contribution in [1.29, 1.82) is 0 Å². The van der Waals surface area contributed by atoms with Crippen molar-refractivity contribution >= 4 is 5.97 Å². The van der Waals surface area contributed by atoms with Crippen molar-refractivity contribution in [3.63, 3.8) is 0 Å². The van der Waals surface area contributed by atoms with Gasteiger partial charge in [-0.3, -0.25) is 10.1 Å². The van der Waals surface area contributed by atoms with Gasteiger partial charge >= 0.3 is 5.97 Å². The maximum absolute atomic E-state index is 13.7. The fraction of sp³-hybridized carbons (Fsp3) is 0.375. The standard InChI is InChI=1S/C16H16F2N2O3/c1-22-15(21)16(6-3-7-16)19-8-10-9-23-14(20-10)13-11(17)4-2-5-12(13)18/h2,4-5,9,19H,3,6-8H2,1H3. The van der Waals surface area contributed by atoms with Crippen LogP contribution in [0.25, 0.3) is 11.5 Å². The lowest BCUT2D eigenvalue weighted by Gasteiger charge is -2.39. The summed E-state index contributed by atoms with van der Waals surface area (Å²) in [5, 5.41) is 3.11. The second kappa shape index (κ2) is 6.08. The zero-order chi connectivity index (χ0) is 16.4. The Hall–Kier alpha value is -2.28. The van der Waals surface area contributed by atoms with E-state index in [1.807, 2.05) is 0 Å². The summed E-state index contributed by atoms with van der Waals surface area (Å²) in [7, 11) is 1.35. The zero-order valence-corrected chi connectivity index (χ0v) is 12.6. The molecule has 1 saturated carbocycles. The summed E-state index contributed by atoms with van der Waals surface area (Å²) in [6.07, 6.45) is 3.63. The first-order chi connectivity index (χ1) is 11.1. The van der Waals surface area contributed by atoms with E-state index in [1.54, 1.807) is 0 Å². The van der Waals surface area contributed by atoms with Crippen LogP contribution in [0.3, 0.4) is 0 Å². The van der Waals surface area contributed by atoms with Gasteiger partial charge in [-0.05, 0) is 31.4 Å². The third-order valence-electron chi connectivity index (χ3n) is 4.12. The monoisotopic (exact) mass is 322 g/mol.